The second-order valence-electron chi connectivity index (χ2n) is 6.00. The van der Waals surface area contributed by atoms with Gasteiger partial charge in [-0.3, -0.25) is 0 Å². The van der Waals surface area contributed by atoms with Crippen LogP contribution in [0.3, 0.4) is 0 Å². The van der Waals surface area contributed by atoms with Gasteiger partial charge in [0.25, 0.3) is 0 Å². The van der Waals surface area contributed by atoms with Crippen molar-refractivity contribution in [3.63, 3.8) is 0 Å². The third kappa shape index (κ3) is 4.60. The number of hydrogen-bond acceptors (Lipinski definition) is 0. The Morgan fingerprint density at radius 3 is 1.37 bits per heavy atom. The zero-order valence-corrected chi connectivity index (χ0v) is 14.0. The summed E-state index contributed by atoms with van der Waals surface area (Å²) in [4.78, 5) is 0. The molecular formula is C17H23PSi. The molecule has 2 aromatic rings. The quantitative estimate of drug-likeness (QED) is 0.488. The van der Waals surface area contributed by atoms with Gasteiger partial charge in [0.2, 0.25) is 0 Å². The minimum Gasteiger partial charge on any atom is -0.110 e. The van der Waals surface area contributed by atoms with Crippen molar-refractivity contribution in [1.29, 1.82) is 0 Å². The minimum absolute atomic E-state index is 0.0846. The zero-order chi connectivity index (χ0) is 13.7. The second-order valence-corrected chi connectivity index (χ2v) is 18.0. The first-order valence-electron chi connectivity index (χ1n) is 6.88. The summed E-state index contributed by atoms with van der Waals surface area (Å²) in [5.74, 6) is 0. The van der Waals surface area contributed by atoms with Crippen LogP contribution in [0.1, 0.15) is 11.1 Å². The average Bonchev–Trinajstić information content (AvgIpc) is 2.39. The van der Waals surface area contributed by atoms with E-state index < -0.39 is 7.74 Å². The molecule has 2 heteroatoms. The van der Waals surface area contributed by atoms with Crippen molar-refractivity contribution in [2.75, 3.05) is 0 Å². The highest BCUT2D eigenvalue weighted by Crippen LogP contribution is 2.52. The lowest BCUT2D eigenvalue weighted by molar-refractivity contribution is 1.33. The van der Waals surface area contributed by atoms with Gasteiger partial charge in [-0.05, 0) is 23.5 Å². The van der Waals surface area contributed by atoms with Crippen LogP contribution >= 0.6 is 7.47 Å². The van der Waals surface area contributed by atoms with Crippen LogP contribution in [0, 0.1) is 0 Å². The predicted molar refractivity (Wildman–Crippen MR) is 90.6 cm³/mol. The molecule has 0 fully saturated rings. The van der Waals surface area contributed by atoms with E-state index in [0.29, 0.717) is 0 Å². The molecule has 0 atom stereocenters. The Morgan fingerprint density at radius 1 is 0.684 bits per heavy atom. The van der Waals surface area contributed by atoms with Crippen LogP contribution in [0.15, 0.2) is 60.7 Å². The fraction of sp³-hybridized carbons (Fsp3) is 0.294. The molecule has 100 valence electrons. The first-order chi connectivity index (χ1) is 9.05. The molecule has 2 aromatic carbocycles. The Balaban J connectivity index is 2.13. The van der Waals surface area contributed by atoms with Gasteiger partial charge in [0.1, 0.15) is 0 Å². The molecule has 0 aliphatic carbocycles. The summed E-state index contributed by atoms with van der Waals surface area (Å²) in [6, 6.07) is 22.0. The van der Waals surface area contributed by atoms with Gasteiger partial charge in [-0.25, -0.2) is 0 Å². The summed E-state index contributed by atoms with van der Waals surface area (Å²) in [5, 5.41) is 0. The molecule has 0 N–H and O–H groups in total. The maximum Gasteiger partial charge on any atom is 0.0727 e. The van der Waals surface area contributed by atoms with Crippen LogP contribution in [0.5, 0.6) is 0 Å². The molecule has 0 saturated heterocycles. The lowest BCUT2D eigenvalue weighted by atomic mass is 10.2. The molecule has 0 heterocycles. The Hall–Kier alpha value is -0.913. The molecule has 0 unspecified atom stereocenters. The summed E-state index contributed by atoms with van der Waals surface area (Å²) in [6.07, 6.45) is 2.56. The minimum atomic E-state index is -1.09. The monoisotopic (exact) mass is 286 g/mol. The van der Waals surface area contributed by atoms with E-state index in [2.05, 4.69) is 80.3 Å². The van der Waals surface area contributed by atoms with Crippen LogP contribution in [-0.2, 0) is 12.3 Å². The number of rotatable bonds is 5. The molecule has 19 heavy (non-hydrogen) atoms. The third-order valence-electron chi connectivity index (χ3n) is 3.38. The van der Waals surface area contributed by atoms with Gasteiger partial charge in [-0.1, -0.05) is 80.3 Å². The van der Waals surface area contributed by atoms with Crippen molar-refractivity contribution in [2.24, 2.45) is 0 Å². The predicted octanol–water partition coefficient (Wildman–Crippen LogP) is 5.70. The Morgan fingerprint density at radius 2 is 1.05 bits per heavy atom. The zero-order valence-electron chi connectivity index (χ0n) is 12.1. The summed E-state index contributed by atoms with van der Waals surface area (Å²) < 4.78 is 0. The van der Waals surface area contributed by atoms with Crippen molar-refractivity contribution < 1.29 is 0 Å². The number of benzene rings is 2. The van der Waals surface area contributed by atoms with Crippen LogP contribution in [0.4, 0.5) is 0 Å². The van der Waals surface area contributed by atoms with Gasteiger partial charge in [0.05, 0.1) is 7.74 Å². The standard InChI is InChI=1S/C17H23PSi/c1-19(2,3)18(14-16-10-6-4-7-11-16)15-17-12-8-5-9-13-17/h4-13H,14-15H2,1-3H3. The van der Waals surface area contributed by atoms with Gasteiger partial charge in [0.15, 0.2) is 0 Å². The van der Waals surface area contributed by atoms with E-state index in [1.807, 2.05) is 0 Å². The topological polar surface area (TPSA) is 0 Å². The van der Waals surface area contributed by atoms with Crippen molar-refractivity contribution in [1.82, 2.24) is 0 Å². The van der Waals surface area contributed by atoms with E-state index in [9.17, 15) is 0 Å². The Labute approximate surface area is 119 Å². The molecule has 0 aliphatic rings. The molecule has 0 aromatic heterocycles. The van der Waals surface area contributed by atoms with E-state index >= 15 is 0 Å². The first-order valence-corrected chi connectivity index (χ1v) is 12.9. The Bertz CT molecular complexity index is 446. The van der Waals surface area contributed by atoms with Crippen LogP contribution in [0.2, 0.25) is 19.6 Å². The molecule has 0 spiro atoms. The van der Waals surface area contributed by atoms with E-state index in [0.717, 1.165) is 0 Å². The molecule has 2 rings (SSSR count). The Kier molecular flexibility index (Phi) is 4.96. The first kappa shape index (κ1) is 14.5. The van der Waals surface area contributed by atoms with Crippen LogP contribution in [-0.4, -0.2) is 7.74 Å². The highest BCUT2D eigenvalue weighted by atomic mass is 31.4. The molecule has 0 radical (unpaired) electrons. The van der Waals surface area contributed by atoms with Gasteiger partial charge >= 0.3 is 0 Å². The lowest BCUT2D eigenvalue weighted by Crippen LogP contribution is -2.19. The average molecular weight is 286 g/mol. The molecule has 0 nitrogen and oxygen atoms in total. The molecule has 0 bridgehead atoms. The van der Waals surface area contributed by atoms with Gasteiger partial charge < -0.3 is 0 Å². The summed E-state index contributed by atoms with van der Waals surface area (Å²) >= 11 is 0. The maximum absolute atomic E-state index is 2.52. The summed E-state index contributed by atoms with van der Waals surface area (Å²) in [6.45, 7) is 7.56. The maximum atomic E-state index is 2.52. The highest BCUT2D eigenvalue weighted by molar-refractivity contribution is 7.93. The highest BCUT2D eigenvalue weighted by Gasteiger charge is 2.26. The summed E-state index contributed by atoms with van der Waals surface area (Å²) in [5.41, 5.74) is 3.01. The van der Waals surface area contributed by atoms with Crippen molar-refractivity contribution >= 4 is 15.2 Å². The van der Waals surface area contributed by atoms with Crippen molar-refractivity contribution in [3.05, 3.63) is 71.8 Å². The van der Waals surface area contributed by atoms with Gasteiger partial charge in [-0.15, -0.1) is 7.47 Å². The molecular weight excluding hydrogens is 263 g/mol. The van der Waals surface area contributed by atoms with Crippen molar-refractivity contribution in [3.8, 4) is 0 Å². The fourth-order valence-electron chi connectivity index (χ4n) is 2.14. The smallest absolute Gasteiger partial charge is 0.0727 e. The van der Waals surface area contributed by atoms with E-state index in [1.165, 1.54) is 23.5 Å². The van der Waals surface area contributed by atoms with Crippen molar-refractivity contribution in [2.45, 2.75) is 32.0 Å². The van der Waals surface area contributed by atoms with Gasteiger partial charge in [0, 0.05) is 0 Å². The van der Waals surface area contributed by atoms with E-state index in [1.54, 1.807) is 0 Å². The van der Waals surface area contributed by atoms with E-state index in [4.69, 9.17) is 0 Å². The summed E-state index contributed by atoms with van der Waals surface area (Å²) in [7, 11) is -1.00. The molecule has 0 saturated carbocycles. The molecule has 0 aliphatic heterocycles. The SMILES string of the molecule is C[Si](C)(C)P(Cc1ccccc1)Cc1ccccc1. The van der Waals surface area contributed by atoms with Crippen LogP contribution in [0.25, 0.3) is 0 Å². The number of hydrogen-bond donors (Lipinski definition) is 0. The van der Waals surface area contributed by atoms with Crippen LogP contribution < -0.4 is 0 Å². The fourth-order valence-corrected chi connectivity index (χ4v) is 8.44. The second kappa shape index (κ2) is 6.50. The van der Waals surface area contributed by atoms with E-state index in [-0.39, 0.29) is 7.47 Å². The largest absolute Gasteiger partial charge is 0.110 e. The third-order valence-corrected chi connectivity index (χ3v) is 13.4. The normalized spacial score (nSPS) is 11.8. The van der Waals surface area contributed by atoms with Gasteiger partial charge in [-0.2, -0.15) is 0 Å². The lowest BCUT2D eigenvalue weighted by Gasteiger charge is -2.30. The molecule has 0 amide bonds.